The molecule has 3 N–H and O–H groups in total. The zero-order valence-corrected chi connectivity index (χ0v) is 22.5. The molecule has 3 unspecified atom stereocenters. The van der Waals surface area contributed by atoms with Crippen molar-refractivity contribution in [1.29, 1.82) is 0 Å². The van der Waals surface area contributed by atoms with Gasteiger partial charge in [0.2, 0.25) is 20.0 Å². The van der Waals surface area contributed by atoms with Gasteiger partial charge in [-0.15, -0.1) is 0 Å². The molecule has 8 nitrogen and oxygen atoms in total. The van der Waals surface area contributed by atoms with Gasteiger partial charge >= 0.3 is 0 Å². The Bertz CT molecular complexity index is 1480. The zero-order valence-electron chi connectivity index (χ0n) is 20.9. The van der Waals surface area contributed by atoms with Crippen LogP contribution in [0.2, 0.25) is 0 Å². The van der Waals surface area contributed by atoms with Crippen molar-refractivity contribution >= 4 is 25.8 Å². The Labute approximate surface area is 218 Å². The quantitative estimate of drug-likeness (QED) is 0.317. The summed E-state index contributed by atoms with van der Waals surface area (Å²) in [5.74, 6) is 1.63. The largest absolute Gasteiger partial charge is 0.410 e. The van der Waals surface area contributed by atoms with Crippen LogP contribution in [0.15, 0.2) is 51.3 Å². The number of hydrogen-bond donors (Lipinski definition) is 3. The van der Waals surface area contributed by atoms with E-state index in [9.17, 15) is 22.0 Å². The van der Waals surface area contributed by atoms with Crippen molar-refractivity contribution < 1.29 is 22.0 Å². The van der Waals surface area contributed by atoms with E-state index in [4.69, 9.17) is 0 Å². The summed E-state index contributed by atoms with van der Waals surface area (Å²) in [6.45, 7) is 2.18. The lowest BCUT2D eigenvalue weighted by atomic mass is 9.88. The fourth-order valence-corrected chi connectivity index (χ4v) is 9.49. The van der Waals surface area contributed by atoms with Gasteiger partial charge in [0.05, 0.1) is 9.79 Å². The van der Waals surface area contributed by atoms with Gasteiger partial charge in [-0.05, 0) is 98.1 Å². The lowest BCUT2D eigenvalue weighted by molar-refractivity contribution is 0.320. The number of fused-ring (bicyclic) bond motifs is 5. The molecule has 0 radical (unpaired) electrons. The molecule has 6 rings (SSSR count). The van der Waals surface area contributed by atoms with Gasteiger partial charge in [-0.3, -0.25) is 0 Å². The minimum atomic E-state index is -3.76. The molecule has 0 amide bonds. The molecule has 3 fully saturated rings. The molecular formula is C27H33N3O5S2. The highest BCUT2D eigenvalue weighted by molar-refractivity contribution is 7.89. The molecule has 0 aromatic heterocycles. The molecule has 0 spiro atoms. The monoisotopic (exact) mass is 543 g/mol. The first-order valence-corrected chi connectivity index (χ1v) is 16.2. The molecule has 0 saturated heterocycles. The Morgan fingerprint density at radius 1 is 0.757 bits per heavy atom. The number of benzene rings is 2. The molecule has 3 atom stereocenters. The van der Waals surface area contributed by atoms with Crippen LogP contribution in [0.25, 0.3) is 11.1 Å². The van der Waals surface area contributed by atoms with Gasteiger partial charge in [-0.2, -0.15) is 0 Å². The van der Waals surface area contributed by atoms with Gasteiger partial charge in [-0.25, -0.2) is 26.3 Å². The first-order valence-electron chi connectivity index (χ1n) is 13.2. The van der Waals surface area contributed by atoms with E-state index in [0.717, 1.165) is 44.9 Å². The molecule has 3 saturated carbocycles. The van der Waals surface area contributed by atoms with Crippen LogP contribution < -0.4 is 9.44 Å². The van der Waals surface area contributed by atoms with Gasteiger partial charge < -0.3 is 5.21 Å². The summed E-state index contributed by atoms with van der Waals surface area (Å²) in [5.41, 5.74) is 2.52. The van der Waals surface area contributed by atoms with Crippen LogP contribution >= 0.6 is 0 Å². The molecular weight excluding hydrogens is 510 g/mol. The minimum Gasteiger partial charge on any atom is -0.410 e. The third-order valence-electron chi connectivity index (χ3n) is 8.89. The van der Waals surface area contributed by atoms with Crippen LogP contribution in [0.3, 0.4) is 0 Å². The van der Waals surface area contributed by atoms with Crippen molar-refractivity contribution in [2.75, 3.05) is 0 Å². The topological polar surface area (TPSA) is 125 Å². The smallest absolute Gasteiger partial charge is 0.240 e. The third kappa shape index (κ3) is 4.51. The maximum Gasteiger partial charge on any atom is 0.240 e. The van der Waals surface area contributed by atoms with Crippen LogP contribution in [0.5, 0.6) is 0 Å². The van der Waals surface area contributed by atoms with E-state index in [1.165, 1.54) is 18.6 Å². The number of hydrogen-bond acceptors (Lipinski definition) is 6. The third-order valence-corrected chi connectivity index (χ3v) is 11.9. The molecule has 2 bridgehead atoms. The molecule has 0 heterocycles. The van der Waals surface area contributed by atoms with E-state index in [-0.39, 0.29) is 27.6 Å². The van der Waals surface area contributed by atoms with Gasteiger partial charge in [0.1, 0.15) is 5.71 Å². The summed E-state index contributed by atoms with van der Waals surface area (Å²) >= 11 is 0. The van der Waals surface area contributed by atoms with Crippen molar-refractivity contribution in [3.05, 3.63) is 47.5 Å². The summed E-state index contributed by atoms with van der Waals surface area (Å²) in [7, 11) is -7.51. The van der Waals surface area contributed by atoms with Crippen LogP contribution in [0, 0.1) is 17.8 Å². The maximum absolute atomic E-state index is 13.2. The van der Waals surface area contributed by atoms with E-state index in [1.54, 1.807) is 24.3 Å². The Morgan fingerprint density at radius 2 is 1.35 bits per heavy atom. The second-order valence-electron chi connectivity index (χ2n) is 11.3. The maximum atomic E-state index is 13.2. The van der Waals surface area contributed by atoms with E-state index in [2.05, 4.69) is 21.5 Å². The number of oxime groups is 1. The number of sulfonamides is 2. The zero-order chi connectivity index (χ0) is 25.9. The van der Waals surface area contributed by atoms with Gasteiger partial charge in [0.25, 0.3) is 0 Å². The molecule has 37 heavy (non-hydrogen) atoms. The average molecular weight is 544 g/mol. The van der Waals surface area contributed by atoms with Crippen LogP contribution in [-0.4, -0.2) is 39.8 Å². The average Bonchev–Trinajstić information content (AvgIpc) is 3.57. The van der Waals surface area contributed by atoms with Gasteiger partial charge in [0.15, 0.2) is 0 Å². The second kappa shape index (κ2) is 9.18. The highest BCUT2D eigenvalue weighted by Gasteiger charge is 2.41. The van der Waals surface area contributed by atoms with Crippen molar-refractivity contribution in [2.45, 2.75) is 80.2 Å². The van der Waals surface area contributed by atoms with Gasteiger partial charge in [-0.1, -0.05) is 30.6 Å². The lowest BCUT2D eigenvalue weighted by Crippen LogP contribution is -2.38. The first-order chi connectivity index (χ1) is 17.6. The van der Waals surface area contributed by atoms with E-state index in [1.807, 2.05) is 0 Å². The summed E-state index contributed by atoms with van der Waals surface area (Å²) in [5, 5.41) is 13.4. The predicted molar refractivity (Wildman–Crippen MR) is 141 cm³/mol. The molecule has 4 aliphatic carbocycles. The summed E-state index contributed by atoms with van der Waals surface area (Å²) in [4.78, 5) is 0.216. The first kappa shape index (κ1) is 25.0. The Balaban J connectivity index is 1.27. The van der Waals surface area contributed by atoms with E-state index < -0.39 is 20.0 Å². The molecule has 4 aliphatic rings. The fourth-order valence-electron chi connectivity index (χ4n) is 6.82. The summed E-state index contributed by atoms with van der Waals surface area (Å²) in [6.07, 6.45) is 7.85. The lowest BCUT2D eigenvalue weighted by Gasteiger charge is -2.26. The SMILES string of the molecule is CC1CCC(NS(=O)(=O)c2ccc3c(c2)/C(=N/O)c2cc(S(=O)(=O)NC4CC5CCC4C5)ccc2-3)CC1. The van der Waals surface area contributed by atoms with E-state index >= 15 is 0 Å². The van der Waals surface area contributed by atoms with Crippen LogP contribution in [-0.2, 0) is 20.0 Å². The number of nitrogens with one attached hydrogen (secondary N) is 2. The Hall–Kier alpha value is -2.27. The molecule has 2 aromatic rings. The van der Waals surface area contributed by atoms with Crippen molar-refractivity contribution in [2.24, 2.45) is 22.9 Å². The van der Waals surface area contributed by atoms with E-state index in [0.29, 0.717) is 40.0 Å². The normalized spacial score (nSPS) is 30.0. The molecule has 198 valence electrons. The van der Waals surface area contributed by atoms with Crippen LogP contribution in [0.4, 0.5) is 0 Å². The standard InChI is InChI=1S/C27H33N3O5S2/c1-16-2-6-19(7-3-16)29-36(32,33)20-8-10-22-23-11-9-21(15-25(23)27(28-31)24(22)14-20)37(34,35)30-26-13-17-4-5-18(26)12-17/h8-11,14-19,26,29-31H,2-7,12-13H2,1H3/b28-27-. The number of rotatable bonds is 6. The Morgan fingerprint density at radius 3 is 1.86 bits per heavy atom. The molecule has 2 aromatic carbocycles. The Kier molecular flexibility index (Phi) is 6.21. The van der Waals surface area contributed by atoms with Crippen molar-refractivity contribution in [3.8, 4) is 11.1 Å². The summed E-state index contributed by atoms with van der Waals surface area (Å²) in [6, 6.07) is 9.44. The molecule has 0 aliphatic heterocycles. The van der Waals surface area contributed by atoms with Crippen molar-refractivity contribution in [1.82, 2.24) is 9.44 Å². The summed E-state index contributed by atoms with van der Waals surface area (Å²) < 4.78 is 58.5. The van der Waals surface area contributed by atoms with Gasteiger partial charge in [0, 0.05) is 23.2 Å². The van der Waals surface area contributed by atoms with Crippen LogP contribution in [0.1, 0.15) is 69.4 Å². The number of nitrogens with zero attached hydrogens (tertiary/aromatic N) is 1. The molecule has 10 heteroatoms. The minimum absolute atomic E-state index is 0.0344. The van der Waals surface area contributed by atoms with Crippen molar-refractivity contribution in [3.63, 3.8) is 0 Å². The highest BCUT2D eigenvalue weighted by atomic mass is 32.2. The predicted octanol–water partition coefficient (Wildman–Crippen LogP) is 4.22. The highest BCUT2D eigenvalue weighted by Crippen LogP contribution is 2.45. The fraction of sp³-hybridized carbons (Fsp3) is 0.519. The second-order valence-corrected chi connectivity index (χ2v) is 14.8.